The van der Waals surface area contributed by atoms with Gasteiger partial charge in [-0.1, -0.05) is 0 Å². The fourth-order valence-electron chi connectivity index (χ4n) is 3.56. The van der Waals surface area contributed by atoms with Crippen LogP contribution in [0.2, 0.25) is 0 Å². The zero-order valence-electron chi connectivity index (χ0n) is 14.8. The summed E-state index contributed by atoms with van der Waals surface area (Å²) in [5.41, 5.74) is 0. The molecule has 2 heterocycles. The SMILES string of the molecule is Cc1nc(C)n(CCCC(=O)N[C@@H]2CC(Cn3ccnc3)C[C@H]2O)n1. The number of carbonyl (C=O) groups is 1. The lowest BCUT2D eigenvalue weighted by atomic mass is 10.1. The summed E-state index contributed by atoms with van der Waals surface area (Å²) in [6.45, 7) is 5.28. The normalized spacial score (nSPS) is 23.1. The van der Waals surface area contributed by atoms with Crippen LogP contribution in [0.15, 0.2) is 18.7 Å². The molecule has 1 aliphatic carbocycles. The minimum absolute atomic E-state index is 0.0122. The third-order valence-electron chi connectivity index (χ3n) is 4.74. The smallest absolute Gasteiger partial charge is 0.220 e. The Morgan fingerprint density at radius 2 is 2.24 bits per heavy atom. The van der Waals surface area contributed by atoms with Gasteiger partial charge in [-0.05, 0) is 39.0 Å². The summed E-state index contributed by atoms with van der Waals surface area (Å²) in [6.07, 6.45) is 7.62. The molecule has 2 N–H and O–H groups in total. The largest absolute Gasteiger partial charge is 0.391 e. The van der Waals surface area contributed by atoms with Gasteiger partial charge in [0.1, 0.15) is 11.6 Å². The summed E-state index contributed by atoms with van der Waals surface area (Å²) in [4.78, 5) is 20.5. The number of aliphatic hydroxyl groups is 1. The number of imidazole rings is 1. The number of nitrogens with zero attached hydrogens (tertiary/aromatic N) is 5. The second kappa shape index (κ2) is 7.77. The van der Waals surface area contributed by atoms with Gasteiger partial charge >= 0.3 is 0 Å². The van der Waals surface area contributed by atoms with Gasteiger partial charge in [-0.15, -0.1) is 0 Å². The maximum atomic E-state index is 12.2. The van der Waals surface area contributed by atoms with Crippen LogP contribution in [-0.4, -0.2) is 47.5 Å². The number of hydrogen-bond donors (Lipinski definition) is 2. The van der Waals surface area contributed by atoms with E-state index in [2.05, 4.69) is 20.4 Å². The first-order valence-electron chi connectivity index (χ1n) is 8.82. The zero-order valence-corrected chi connectivity index (χ0v) is 14.8. The fourth-order valence-corrected chi connectivity index (χ4v) is 3.56. The Morgan fingerprint density at radius 3 is 2.92 bits per heavy atom. The van der Waals surface area contributed by atoms with Crippen LogP contribution >= 0.6 is 0 Å². The molecule has 1 amide bonds. The lowest BCUT2D eigenvalue weighted by Crippen LogP contribution is -2.39. The number of hydrogen-bond acceptors (Lipinski definition) is 5. The summed E-state index contributed by atoms with van der Waals surface area (Å²) in [5, 5.41) is 17.5. The fraction of sp³-hybridized carbons (Fsp3) is 0.647. The van der Waals surface area contributed by atoms with Crippen molar-refractivity contribution in [3.8, 4) is 0 Å². The van der Waals surface area contributed by atoms with E-state index in [4.69, 9.17) is 0 Å². The molecule has 0 aromatic carbocycles. The van der Waals surface area contributed by atoms with Gasteiger partial charge in [0, 0.05) is 31.9 Å². The average Bonchev–Trinajstić information content (AvgIpc) is 3.23. The highest BCUT2D eigenvalue weighted by molar-refractivity contribution is 5.76. The first-order chi connectivity index (χ1) is 12.0. The van der Waals surface area contributed by atoms with E-state index in [0.717, 1.165) is 24.6 Å². The van der Waals surface area contributed by atoms with Gasteiger partial charge in [0.05, 0.1) is 18.5 Å². The molecule has 8 heteroatoms. The minimum atomic E-state index is -0.474. The lowest BCUT2D eigenvalue weighted by Gasteiger charge is -2.16. The molecule has 136 valence electrons. The van der Waals surface area contributed by atoms with Crippen LogP contribution in [0, 0.1) is 19.8 Å². The molecule has 0 bridgehead atoms. The van der Waals surface area contributed by atoms with Crippen LogP contribution in [0.3, 0.4) is 0 Å². The van der Waals surface area contributed by atoms with Crippen molar-refractivity contribution in [1.82, 2.24) is 29.6 Å². The number of rotatable bonds is 7. The second-order valence-corrected chi connectivity index (χ2v) is 6.87. The number of aryl methyl sites for hydroxylation is 3. The van der Waals surface area contributed by atoms with E-state index in [0.29, 0.717) is 31.7 Å². The molecule has 0 radical (unpaired) electrons. The van der Waals surface area contributed by atoms with Crippen molar-refractivity contribution >= 4 is 5.91 Å². The van der Waals surface area contributed by atoms with Crippen molar-refractivity contribution in [3.05, 3.63) is 30.4 Å². The summed E-state index contributed by atoms with van der Waals surface area (Å²) in [6, 6.07) is -0.156. The number of aliphatic hydroxyl groups excluding tert-OH is 1. The maximum Gasteiger partial charge on any atom is 0.220 e. The molecule has 8 nitrogen and oxygen atoms in total. The Balaban J connectivity index is 1.41. The Morgan fingerprint density at radius 1 is 1.40 bits per heavy atom. The highest BCUT2D eigenvalue weighted by Gasteiger charge is 2.33. The molecule has 0 spiro atoms. The first-order valence-corrected chi connectivity index (χ1v) is 8.82. The molecular formula is C17H26N6O2. The van der Waals surface area contributed by atoms with E-state index in [1.807, 2.05) is 29.3 Å². The van der Waals surface area contributed by atoms with E-state index >= 15 is 0 Å². The van der Waals surface area contributed by atoms with Gasteiger partial charge in [-0.25, -0.2) is 9.97 Å². The van der Waals surface area contributed by atoms with E-state index in [1.54, 1.807) is 12.5 Å². The molecule has 0 saturated heterocycles. The van der Waals surface area contributed by atoms with Gasteiger partial charge in [0.15, 0.2) is 0 Å². The molecule has 2 aromatic rings. The topological polar surface area (TPSA) is 97.9 Å². The molecule has 2 aromatic heterocycles. The Bertz CT molecular complexity index is 696. The van der Waals surface area contributed by atoms with E-state index in [-0.39, 0.29) is 11.9 Å². The van der Waals surface area contributed by atoms with Crippen molar-refractivity contribution in [2.24, 2.45) is 5.92 Å². The molecule has 1 saturated carbocycles. The predicted octanol–water partition coefficient (Wildman–Crippen LogP) is 0.828. The highest BCUT2D eigenvalue weighted by atomic mass is 16.3. The van der Waals surface area contributed by atoms with Crippen molar-refractivity contribution in [3.63, 3.8) is 0 Å². The summed E-state index contributed by atoms with van der Waals surface area (Å²) in [7, 11) is 0. The van der Waals surface area contributed by atoms with Crippen molar-refractivity contribution in [2.45, 2.75) is 64.8 Å². The zero-order chi connectivity index (χ0) is 17.8. The Kier molecular flexibility index (Phi) is 5.47. The molecule has 1 aliphatic rings. The van der Waals surface area contributed by atoms with Crippen LogP contribution in [0.5, 0.6) is 0 Å². The molecular weight excluding hydrogens is 320 g/mol. The molecule has 1 unspecified atom stereocenters. The van der Waals surface area contributed by atoms with Crippen LogP contribution in [0.25, 0.3) is 0 Å². The summed E-state index contributed by atoms with van der Waals surface area (Å²) in [5.74, 6) is 1.96. The minimum Gasteiger partial charge on any atom is -0.391 e. The number of nitrogens with one attached hydrogen (secondary N) is 1. The first kappa shape index (κ1) is 17.6. The second-order valence-electron chi connectivity index (χ2n) is 6.87. The lowest BCUT2D eigenvalue weighted by molar-refractivity contribution is -0.122. The maximum absolute atomic E-state index is 12.2. The number of aromatic nitrogens is 5. The monoisotopic (exact) mass is 346 g/mol. The van der Waals surface area contributed by atoms with Crippen LogP contribution in [0.1, 0.15) is 37.3 Å². The number of carbonyl (C=O) groups excluding carboxylic acids is 1. The van der Waals surface area contributed by atoms with Gasteiger partial charge < -0.3 is 15.0 Å². The Hall–Kier alpha value is -2.22. The third kappa shape index (κ3) is 4.66. The van der Waals surface area contributed by atoms with Gasteiger partial charge in [-0.3, -0.25) is 9.48 Å². The van der Waals surface area contributed by atoms with Crippen LogP contribution < -0.4 is 5.32 Å². The van der Waals surface area contributed by atoms with E-state index in [1.165, 1.54) is 0 Å². The van der Waals surface area contributed by atoms with E-state index < -0.39 is 6.10 Å². The van der Waals surface area contributed by atoms with Crippen molar-refractivity contribution in [1.29, 1.82) is 0 Å². The predicted molar refractivity (Wildman–Crippen MR) is 91.6 cm³/mol. The molecule has 1 fully saturated rings. The molecule has 3 atom stereocenters. The summed E-state index contributed by atoms with van der Waals surface area (Å²) < 4.78 is 3.85. The molecule has 0 aliphatic heterocycles. The quantitative estimate of drug-likeness (QED) is 0.774. The molecule has 25 heavy (non-hydrogen) atoms. The highest BCUT2D eigenvalue weighted by Crippen LogP contribution is 2.27. The van der Waals surface area contributed by atoms with E-state index in [9.17, 15) is 9.90 Å². The molecule has 3 rings (SSSR count). The van der Waals surface area contributed by atoms with Crippen molar-refractivity contribution in [2.75, 3.05) is 0 Å². The summed E-state index contributed by atoms with van der Waals surface area (Å²) >= 11 is 0. The average molecular weight is 346 g/mol. The van der Waals surface area contributed by atoms with Gasteiger partial charge in [0.25, 0.3) is 0 Å². The standard InChI is InChI=1S/C17H26N6O2/c1-12-19-13(2)23(21-12)6-3-4-17(25)20-15-8-14(9-16(15)24)10-22-7-5-18-11-22/h5,7,11,14-16,24H,3-4,6,8-10H2,1-2H3,(H,20,25)/t14?,15-,16-/m1/s1. The van der Waals surface area contributed by atoms with Crippen molar-refractivity contribution < 1.29 is 9.90 Å². The van der Waals surface area contributed by atoms with Crippen LogP contribution in [0.4, 0.5) is 0 Å². The van der Waals surface area contributed by atoms with Gasteiger partial charge in [0.2, 0.25) is 5.91 Å². The van der Waals surface area contributed by atoms with Crippen LogP contribution in [-0.2, 0) is 17.9 Å². The number of amides is 1. The Labute approximate surface area is 147 Å². The van der Waals surface area contributed by atoms with Gasteiger partial charge in [-0.2, -0.15) is 5.10 Å². The third-order valence-corrected chi connectivity index (χ3v) is 4.74.